The lowest BCUT2D eigenvalue weighted by Crippen LogP contribution is -2.14. The normalized spacial score (nSPS) is 10.4. The number of aliphatic carboxylic acids is 1. The Bertz CT molecular complexity index is 627. The van der Waals surface area contributed by atoms with Crippen molar-refractivity contribution in [2.24, 2.45) is 0 Å². The van der Waals surface area contributed by atoms with Crippen LogP contribution in [-0.4, -0.2) is 26.8 Å². The second-order valence-corrected chi connectivity index (χ2v) is 4.07. The minimum Gasteiger partial charge on any atom is -0.480 e. The Balaban J connectivity index is 2.09. The van der Waals surface area contributed by atoms with Crippen molar-refractivity contribution < 1.29 is 19.1 Å². The zero-order valence-corrected chi connectivity index (χ0v) is 10.5. The van der Waals surface area contributed by atoms with Gasteiger partial charge >= 0.3 is 5.97 Å². The fourth-order valence-corrected chi connectivity index (χ4v) is 1.69. The lowest BCUT2D eigenvalue weighted by molar-refractivity contribution is -0.137. The summed E-state index contributed by atoms with van der Waals surface area (Å²) in [6.45, 7) is 3.20. The topological polar surface area (TPSA) is 97.4 Å². The molecule has 0 radical (unpaired) electrons. The molecule has 0 saturated carbocycles. The van der Waals surface area contributed by atoms with Crippen LogP contribution in [0.15, 0.2) is 22.7 Å². The van der Waals surface area contributed by atoms with E-state index in [1.165, 1.54) is 16.9 Å². The predicted octanol–water partition coefficient (Wildman–Crippen LogP) is 1.43. The molecule has 0 atom stereocenters. The molecule has 2 rings (SSSR count). The maximum Gasteiger partial charge on any atom is 0.325 e. The zero-order chi connectivity index (χ0) is 14.0. The van der Waals surface area contributed by atoms with Gasteiger partial charge in [-0.05, 0) is 19.9 Å². The van der Waals surface area contributed by atoms with Crippen molar-refractivity contribution in [3.63, 3.8) is 0 Å². The van der Waals surface area contributed by atoms with Gasteiger partial charge in [0.1, 0.15) is 18.1 Å². The third-order valence-corrected chi connectivity index (χ3v) is 2.47. The Morgan fingerprint density at radius 3 is 2.79 bits per heavy atom. The third kappa shape index (κ3) is 3.01. The van der Waals surface area contributed by atoms with E-state index in [1.807, 2.05) is 0 Å². The van der Waals surface area contributed by atoms with Gasteiger partial charge in [0.25, 0.3) is 5.91 Å². The molecule has 0 saturated heterocycles. The number of carboxylic acids is 1. The molecule has 2 N–H and O–H groups in total. The van der Waals surface area contributed by atoms with Crippen LogP contribution < -0.4 is 5.32 Å². The van der Waals surface area contributed by atoms with Crippen molar-refractivity contribution in [2.75, 3.05) is 5.32 Å². The molecule has 0 bridgehead atoms. The quantitative estimate of drug-likeness (QED) is 0.869. The summed E-state index contributed by atoms with van der Waals surface area (Å²) in [5.41, 5.74) is 0.435. The number of carboxylic acid groups (broad SMARTS) is 1. The summed E-state index contributed by atoms with van der Waals surface area (Å²) in [5.74, 6) is 0.140. The smallest absolute Gasteiger partial charge is 0.325 e. The predicted molar refractivity (Wildman–Crippen MR) is 66.0 cm³/mol. The zero-order valence-electron chi connectivity index (χ0n) is 10.5. The number of anilines is 1. The van der Waals surface area contributed by atoms with Crippen molar-refractivity contribution in [2.45, 2.75) is 20.4 Å². The van der Waals surface area contributed by atoms with E-state index in [-0.39, 0.29) is 12.5 Å². The fraction of sp³-hybridized carbons (Fsp3) is 0.250. The van der Waals surface area contributed by atoms with Gasteiger partial charge in [0, 0.05) is 12.3 Å². The van der Waals surface area contributed by atoms with E-state index in [2.05, 4.69) is 10.4 Å². The van der Waals surface area contributed by atoms with Crippen LogP contribution in [-0.2, 0) is 11.3 Å². The Kier molecular flexibility index (Phi) is 3.37. The Morgan fingerprint density at radius 1 is 1.47 bits per heavy atom. The van der Waals surface area contributed by atoms with Crippen LogP contribution in [0.3, 0.4) is 0 Å². The van der Waals surface area contributed by atoms with Crippen molar-refractivity contribution in [1.82, 2.24) is 9.78 Å². The van der Waals surface area contributed by atoms with E-state index in [4.69, 9.17) is 9.52 Å². The number of nitrogens with zero attached hydrogens (tertiary/aromatic N) is 2. The summed E-state index contributed by atoms with van der Waals surface area (Å²) < 4.78 is 6.49. The van der Waals surface area contributed by atoms with Crippen LogP contribution in [0.25, 0.3) is 0 Å². The number of hydrogen-bond donors (Lipinski definition) is 2. The van der Waals surface area contributed by atoms with Crippen LogP contribution in [0.2, 0.25) is 0 Å². The maximum atomic E-state index is 11.9. The molecular formula is C12H13N3O4. The molecule has 0 spiro atoms. The van der Waals surface area contributed by atoms with Crippen LogP contribution in [0, 0.1) is 13.8 Å². The van der Waals surface area contributed by atoms with Gasteiger partial charge in [0.2, 0.25) is 0 Å². The minimum atomic E-state index is -0.998. The summed E-state index contributed by atoms with van der Waals surface area (Å²) in [7, 11) is 0. The van der Waals surface area contributed by atoms with E-state index in [0.29, 0.717) is 22.9 Å². The van der Waals surface area contributed by atoms with Crippen LogP contribution in [0.1, 0.15) is 21.9 Å². The first-order chi connectivity index (χ1) is 8.95. The molecule has 0 aliphatic carbocycles. The summed E-state index contributed by atoms with van der Waals surface area (Å²) in [6, 6.07) is 3.17. The number of rotatable bonds is 4. The van der Waals surface area contributed by atoms with Crippen LogP contribution in [0.5, 0.6) is 0 Å². The molecule has 0 aliphatic heterocycles. The monoisotopic (exact) mass is 263 g/mol. The molecule has 0 aliphatic rings. The maximum absolute atomic E-state index is 11.9. The van der Waals surface area contributed by atoms with Crippen molar-refractivity contribution in [3.05, 3.63) is 35.4 Å². The van der Waals surface area contributed by atoms with Crippen molar-refractivity contribution in [3.8, 4) is 0 Å². The highest BCUT2D eigenvalue weighted by atomic mass is 16.4. The summed E-state index contributed by atoms with van der Waals surface area (Å²) in [4.78, 5) is 22.5. The van der Waals surface area contributed by atoms with E-state index < -0.39 is 5.97 Å². The summed E-state index contributed by atoms with van der Waals surface area (Å²) in [5, 5.41) is 15.1. The van der Waals surface area contributed by atoms with Gasteiger partial charge in [-0.25, -0.2) is 0 Å². The van der Waals surface area contributed by atoms with Gasteiger partial charge < -0.3 is 14.8 Å². The molecule has 2 heterocycles. The van der Waals surface area contributed by atoms with E-state index >= 15 is 0 Å². The van der Waals surface area contributed by atoms with Gasteiger partial charge in [0.15, 0.2) is 5.82 Å². The van der Waals surface area contributed by atoms with E-state index in [1.54, 1.807) is 19.9 Å². The first-order valence-corrected chi connectivity index (χ1v) is 5.59. The van der Waals surface area contributed by atoms with Crippen molar-refractivity contribution >= 4 is 17.7 Å². The highest BCUT2D eigenvalue weighted by molar-refractivity contribution is 6.04. The lowest BCUT2D eigenvalue weighted by atomic mass is 10.2. The molecule has 0 unspecified atom stereocenters. The number of aryl methyl sites for hydroxylation is 2. The molecule has 2 aromatic heterocycles. The molecule has 1 amide bonds. The number of hydrogen-bond acceptors (Lipinski definition) is 4. The largest absolute Gasteiger partial charge is 0.480 e. The number of carbonyl (C=O) groups excluding carboxylic acids is 1. The van der Waals surface area contributed by atoms with Crippen LogP contribution >= 0.6 is 0 Å². The number of nitrogens with one attached hydrogen (secondary N) is 1. The molecule has 19 heavy (non-hydrogen) atoms. The SMILES string of the molecule is Cc1cc(C(=O)Nc2ccn(CC(=O)O)n2)c(C)o1. The van der Waals surface area contributed by atoms with E-state index in [0.717, 1.165) is 0 Å². The first-order valence-electron chi connectivity index (χ1n) is 5.59. The second kappa shape index (κ2) is 4.97. The first kappa shape index (κ1) is 12.9. The second-order valence-electron chi connectivity index (χ2n) is 4.07. The Morgan fingerprint density at radius 2 is 2.21 bits per heavy atom. The standard InChI is InChI=1S/C12H13N3O4/c1-7-5-9(8(2)19-7)12(18)13-10-3-4-15(14-10)6-11(16)17/h3-5H,6H2,1-2H3,(H,16,17)(H,13,14,18). The Hall–Kier alpha value is -2.57. The number of furan rings is 1. The number of aromatic nitrogens is 2. The average Bonchev–Trinajstić information content (AvgIpc) is 2.84. The molecule has 0 aromatic carbocycles. The molecular weight excluding hydrogens is 250 g/mol. The molecule has 2 aromatic rings. The molecule has 0 fully saturated rings. The van der Waals surface area contributed by atoms with Crippen molar-refractivity contribution in [1.29, 1.82) is 0 Å². The van der Waals surface area contributed by atoms with Gasteiger partial charge in [-0.2, -0.15) is 5.10 Å². The van der Waals surface area contributed by atoms with Crippen LogP contribution in [0.4, 0.5) is 5.82 Å². The lowest BCUT2D eigenvalue weighted by Gasteiger charge is -2.00. The average molecular weight is 263 g/mol. The Labute approximate surface area is 108 Å². The number of amides is 1. The third-order valence-electron chi connectivity index (χ3n) is 2.47. The van der Waals surface area contributed by atoms with Gasteiger partial charge in [-0.3, -0.25) is 14.3 Å². The highest BCUT2D eigenvalue weighted by Gasteiger charge is 2.14. The fourth-order valence-electron chi connectivity index (χ4n) is 1.69. The summed E-state index contributed by atoms with van der Waals surface area (Å²) in [6.07, 6.45) is 1.48. The minimum absolute atomic E-state index is 0.250. The molecule has 7 heteroatoms. The molecule has 100 valence electrons. The summed E-state index contributed by atoms with van der Waals surface area (Å²) >= 11 is 0. The number of carbonyl (C=O) groups is 2. The van der Waals surface area contributed by atoms with Gasteiger partial charge in [-0.1, -0.05) is 0 Å². The highest BCUT2D eigenvalue weighted by Crippen LogP contribution is 2.15. The van der Waals surface area contributed by atoms with Gasteiger partial charge in [0.05, 0.1) is 5.56 Å². The molecule has 7 nitrogen and oxygen atoms in total. The van der Waals surface area contributed by atoms with E-state index in [9.17, 15) is 9.59 Å². The van der Waals surface area contributed by atoms with Gasteiger partial charge in [-0.15, -0.1) is 0 Å².